The Morgan fingerprint density at radius 2 is 1.86 bits per heavy atom. The van der Waals surface area contributed by atoms with Crippen LogP contribution in [0.5, 0.6) is 0 Å². The molecule has 0 atom stereocenters. The molecule has 0 amide bonds. The summed E-state index contributed by atoms with van der Waals surface area (Å²) >= 11 is 11.7. The summed E-state index contributed by atoms with van der Waals surface area (Å²) in [5.74, 6) is 0. The second kappa shape index (κ2) is 5.94. The molecule has 1 rings (SSSR count). The molecule has 0 unspecified atom stereocenters. The highest BCUT2D eigenvalue weighted by atomic mass is 35.5. The molecule has 0 radical (unpaired) electrons. The summed E-state index contributed by atoms with van der Waals surface area (Å²) in [5, 5.41) is 4.56. The fraction of sp³-hybridized carbons (Fsp3) is 0.273. The Hall–Kier alpha value is -0.660. The van der Waals surface area contributed by atoms with E-state index in [1.165, 1.54) is 0 Å². The van der Waals surface area contributed by atoms with E-state index in [-0.39, 0.29) is 0 Å². The molecule has 0 aliphatic heterocycles. The van der Waals surface area contributed by atoms with Gasteiger partial charge in [-0.25, -0.2) is 0 Å². The van der Waals surface area contributed by atoms with E-state index in [2.05, 4.69) is 11.9 Å². The van der Waals surface area contributed by atoms with Gasteiger partial charge in [0.15, 0.2) is 0 Å². The van der Waals surface area contributed by atoms with Gasteiger partial charge in [0, 0.05) is 22.3 Å². The third kappa shape index (κ3) is 4.03. The summed E-state index contributed by atoms with van der Waals surface area (Å²) < 4.78 is 0. The topological polar surface area (TPSA) is 12.0 Å². The molecule has 1 aromatic carbocycles. The molecule has 76 valence electrons. The van der Waals surface area contributed by atoms with Crippen molar-refractivity contribution in [2.75, 3.05) is 11.9 Å². The highest BCUT2D eigenvalue weighted by Crippen LogP contribution is 2.22. The van der Waals surface area contributed by atoms with Crippen LogP contribution in [0.15, 0.2) is 30.9 Å². The van der Waals surface area contributed by atoms with Gasteiger partial charge in [-0.2, -0.15) is 0 Å². The second-order valence-electron chi connectivity index (χ2n) is 3.02. The van der Waals surface area contributed by atoms with Gasteiger partial charge >= 0.3 is 0 Å². The minimum Gasteiger partial charge on any atom is -0.385 e. The van der Waals surface area contributed by atoms with Gasteiger partial charge < -0.3 is 5.32 Å². The Balaban J connectivity index is 2.46. The first-order valence-electron chi connectivity index (χ1n) is 4.53. The lowest BCUT2D eigenvalue weighted by atomic mass is 10.3. The Labute approximate surface area is 94.7 Å². The van der Waals surface area contributed by atoms with Crippen molar-refractivity contribution in [2.24, 2.45) is 0 Å². The van der Waals surface area contributed by atoms with E-state index in [1.54, 1.807) is 6.07 Å². The first kappa shape index (κ1) is 11.4. The molecule has 0 spiro atoms. The van der Waals surface area contributed by atoms with Crippen molar-refractivity contribution < 1.29 is 0 Å². The van der Waals surface area contributed by atoms with Crippen LogP contribution < -0.4 is 5.32 Å². The summed E-state index contributed by atoms with van der Waals surface area (Å²) in [7, 11) is 0. The third-order valence-corrected chi connectivity index (χ3v) is 2.21. The summed E-state index contributed by atoms with van der Waals surface area (Å²) in [6.07, 6.45) is 3.99. The van der Waals surface area contributed by atoms with Crippen molar-refractivity contribution in [3.8, 4) is 0 Å². The SMILES string of the molecule is C=CCCCNc1cc(Cl)cc(Cl)c1. The molecule has 1 nitrogen and oxygen atoms in total. The van der Waals surface area contributed by atoms with Crippen LogP contribution in [0.2, 0.25) is 10.0 Å². The molecule has 0 aromatic heterocycles. The van der Waals surface area contributed by atoms with E-state index in [0.29, 0.717) is 10.0 Å². The minimum absolute atomic E-state index is 0.656. The molecule has 0 saturated carbocycles. The van der Waals surface area contributed by atoms with Crippen molar-refractivity contribution in [2.45, 2.75) is 12.8 Å². The maximum absolute atomic E-state index is 5.85. The fourth-order valence-electron chi connectivity index (χ4n) is 1.14. The van der Waals surface area contributed by atoms with Crippen molar-refractivity contribution in [3.63, 3.8) is 0 Å². The number of benzene rings is 1. The molecule has 0 aliphatic rings. The number of allylic oxidation sites excluding steroid dienone is 1. The molecule has 0 bridgehead atoms. The normalized spacial score (nSPS) is 9.86. The highest BCUT2D eigenvalue weighted by Gasteiger charge is 1.96. The lowest BCUT2D eigenvalue weighted by molar-refractivity contribution is 0.891. The van der Waals surface area contributed by atoms with E-state index in [4.69, 9.17) is 23.2 Å². The van der Waals surface area contributed by atoms with Gasteiger partial charge in [0.05, 0.1) is 0 Å². The average Bonchev–Trinajstić information content (AvgIpc) is 2.11. The number of hydrogen-bond donors (Lipinski definition) is 1. The van der Waals surface area contributed by atoms with E-state index in [0.717, 1.165) is 25.1 Å². The quantitative estimate of drug-likeness (QED) is 0.584. The Morgan fingerprint density at radius 1 is 1.21 bits per heavy atom. The summed E-state index contributed by atoms with van der Waals surface area (Å²) in [6, 6.07) is 5.45. The monoisotopic (exact) mass is 229 g/mol. The second-order valence-corrected chi connectivity index (χ2v) is 3.89. The van der Waals surface area contributed by atoms with Crippen molar-refractivity contribution >= 4 is 28.9 Å². The van der Waals surface area contributed by atoms with Gasteiger partial charge in [-0.15, -0.1) is 6.58 Å². The minimum atomic E-state index is 0.656. The van der Waals surface area contributed by atoms with E-state index in [1.807, 2.05) is 18.2 Å². The van der Waals surface area contributed by atoms with Gasteiger partial charge in [-0.3, -0.25) is 0 Å². The summed E-state index contributed by atoms with van der Waals surface area (Å²) in [6.45, 7) is 4.57. The highest BCUT2D eigenvalue weighted by molar-refractivity contribution is 6.35. The number of nitrogens with one attached hydrogen (secondary N) is 1. The molecule has 0 saturated heterocycles. The third-order valence-electron chi connectivity index (χ3n) is 1.78. The molecule has 14 heavy (non-hydrogen) atoms. The van der Waals surface area contributed by atoms with Crippen LogP contribution in [0.3, 0.4) is 0 Å². The summed E-state index contributed by atoms with van der Waals surface area (Å²) in [4.78, 5) is 0. The van der Waals surface area contributed by atoms with Crippen molar-refractivity contribution in [1.29, 1.82) is 0 Å². The van der Waals surface area contributed by atoms with Crippen LogP contribution in [-0.2, 0) is 0 Å². The zero-order chi connectivity index (χ0) is 10.4. The number of anilines is 1. The zero-order valence-corrected chi connectivity index (χ0v) is 9.41. The standard InChI is InChI=1S/C11H13Cl2N/c1-2-3-4-5-14-11-7-9(12)6-10(13)8-11/h2,6-8,14H,1,3-5H2. The van der Waals surface area contributed by atoms with Crippen LogP contribution in [-0.4, -0.2) is 6.54 Å². The van der Waals surface area contributed by atoms with Gasteiger partial charge in [0.25, 0.3) is 0 Å². The van der Waals surface area contributed by atoms with Crippen molar-refractivity contribution in [3.05, 3.63) is 40.9 Å². The van der Waals surface area contributed by atoms with Crippen LogP contribution in [0.1, 0.15) is 12.8 Å². The van der Waals surface area contributed by atoms with Gasteiger partial charge in [-0.1, -0.05) is 29.3 Å². The number of hydrogen-bond acceptors (Lipinski definition) is 1. The smallest absolute Gasteiger partial charge is 0.0441 e. The Bertz CT molecular complexity index is 290. The van der Waals surface area contributed by atoms with Crippen LogP contribution in [0, 0.1) is 0 Å². The lowest BCUT2D eigenvalue weighted by Crippen LogP contribution is -2.00. The van der Waals surface area contributed by atoms with Crippen LogP contribution >= 0.6 is 23.2 Å². The molecule has 0 heterocycles. The largest absolute Gasteiger partial charge is 0.385 e. The fourth-order valence-corrected chi connectivity index (χ4v) is 1.66. The lowest BCUT2D eigenvalue weighted by Gasteiger charge is -2.06. The average molecular weight is 230 g/mol. The predicted molar refractivity (Wildman–Crippen MR) is 64.4 cm³/mol. The summed E-state index contributed by atoms with van der Waals surface area (Å²) in [5.41, 5.74) is 0.964. The maximum Gasteiger partial charge on any atom is 0.0441 e. The van der Waals surface area contributed by atoms with Crippen LogP contribution in [0.4, 0.5) is 5.69 Å². The zero-order valence-electron chi connectivity index (χ0n) is 7.89. The molecule has 1 N–H and O–H groups in total. The van der Waals surface area contributed by atoms with E-state index < -0.39 is 0 Å². The molecular formula is C11H13Cl2N. The Morgan fingerprint density at radius 3 is 2.43 bits per heavy atom. The molecule has 3 heteroatoms. The number of unbranched alkanes of at least 4 members (excludes halogenated alkanes) is 1. The molecule has 1 aromatic rings. The first-order valence-corrected chi connectivity index (χ1v) is 5.29. The first-order chi connectivity index (χ1) is 6.72. The van der Waals surface area contributed by atoms with E-state index in [9.17, 15) is 0 Å². The number of halogens is 2. The predicted octanol–water partition coefficient (Wildman–Crippen LogP) is 4.37. The Kier molecular flexibility index (Phi) is 4.85. The van der Waals surface area contributed by atoms with Crippen LogP contribution in [0.25, 0.3) is 0 Å². The molecular weight excluding hydrogens is 217 g/mol. The van der Waals surface area contributed by atoms with Gasteiger partial charge in [0.1, 0.15) is 0 Å². The van der Waals surface area contributed by atoms with E-state index >= 15 is 0 Å². The molecule has 0 fully saturated rings. The van der Waals surface area contributed by atoms with Gasteiger partial charge in [0.2, 0.25) is 0 Å². The number of rotatable bonds is 5. The maximum atomic E-state index is 5.85. The van der Waals surface area contributed by atoms with Gasteiger partial charge in [-0.05, 0) is 31.0 Å². The molecule has 0 aliphatic carbocycles. The van der Waals surface area contributed by atoms with Crippen molar-refractivity contribution in [1.82, 2.24) is 0 Å².